The summed E-state index contributed by atoms with van der Waals surface area (Å²) < 4.78 is 68.4. The van der Waals surface area contributed by atoms with Crippen molar-refractivity contribution in [2.24, 2.45) is 11.8 Å². The highest BCUT2D eigenvalue weighted by Gasteiger charge is 2.45. The Balaban J connectivity index is 0.000000201. The van der Waals surface area contributed by atoms with Gasteiger partial charge in [0.25, 0.3) is 0 Å². The first kappa shape index (κ1) is 50.8. The maximum atomic E-state index is 13.4. The molecule has 4 aliphatic heterocycles. The van der Waals surface area contributed by atoms with Crippen molar-refractivity contribution in [3.8, 4) is 23.0 Å². The van der Waals surface area contributed by atoms with Crippen molar-refractivity contribution in [1.82, 2.24) is 0 Å². The Labute approximate surface area is 398 Å². The molecular weight excluding hydrogens is 881 g/mol. The predicted octanol–water partition coefficient (Wildman–Crippen LogP) is 7.92. The maximum Gasteiger partial charge on any atom is 0.342 e. The van der Waals surface area contributed by atoms with Gasteiger partial charge in [-0.1, -0.05) is 42.5 Å². The summed E-state index contributed by atoms with van der Waals surface area (Å²) in [6.45, 7) is 7.23. The second-order valence-corrected chi connectivity index (χ2v) is 18.5. The Morgan fingerprint density at radius 3 is 1.62 bits per heavy atom. The van der Waals surface area contributed by atoms with Crippen molar-refractivity contribution in [3.63, 3.8) is 0 Å². The minimum atomic E-state index is -0.863. The van der Waals surface area contributed by atoms with Crippen LogP contribution in [0.5, 0.6) is 23.0 Å². The first-order chi connectivity index (χ1) is 32.6. The summed E-state index contributed by atoms with van der Waals surface area (Å²) >= 11 is 0. The molecule has 0 radical (unpaired) electrons. The van der Waals surface area contributed by atoms with E-state index in [9.17, 15) is 19.5 Å². The van der Waals surface area contributed by atoms with E-state index in [2.05, 4.69) is 0 Å². The van der Waals surface area contributed by atoms with Crippen LogP contribution in [0.1, 0.15) is 111 Å². The Bertz CT molecular complexity index is 2230. The van der Waals surface area contributed by atoms with Crippen molar-refractivity contribution in [1.29, 1.82) is 0 Å². The molecule has 8 rings (SSSR count). The lowest BCUT2D eigenvalue weighted by atomic mass is 9.98. The van der Waals surface area contributed by atoms with E-state index >= 15 is 0 Å². The van der Waals surface area contributed by atoms with Crippen LogP contribution in [-0.2, 0) is 42.7 Å². The minimum absolute atomic E-state index is 0.0101. The molecule has 0 bridgehead atoms. The van der Waals surface area contributed by atoms with Crippen LogP contribution in [0.4, 0.5) is 0 Å². The predicted molar refractivity (Wildman–Crippen MR) is 248 cm³/mol. The van der Waals surface area contributed by atoms with Gasteiger partial charge in [0.2, 0.25) is 0 Å². The van der Waals surface area contributed by atoms with Gasteiger partial charge in [0.15, 0.2) is 30.9 Å². The van der Waals surface area contributed by atoms with Crippen LogP contribution in [0.15, 0.2) is 60.7 Å². The van der Waals surface area contributed by atoms with E-state index in [4.69, 9.17) is 56.8 Å². The van der Waals surface area contributed by atoms with E-state index in [0.29, 0.717) is 58.1 Å². The molecule has 2 aromatic carbocycles. The van der Waals surface area contributed by atoms with Gasteiger partial charge in [-0.25, -0.2) is 9.59 Å². The number of rotatable bonds is 8. The highest BCUT2D eigenvalue weighted by Crippen LogP contribution is 2.39. The van der Waals surface area contributed by atoms with Gasteiger partial charge in [-0.05, 0) is 108 Å². The number of aliphatic hydroxyl groups excluding tert-OH is 1. The molecule has 2 aliphatic carbocycles. The van der Waals surface area contributed by atoms with Gasteiger partial charge in [0.05, 0.1) is 26.4 Å². The quantitative estimate of drug-likeness (QED) is 0.153. The third kappa shape index (κ3) is 12.4. The summed E-state index contributed by atoms with van der Waals surface area (Å²) in [7, 11) is 6.13. The molecule has 4 fully saturated rings. The molecule has 0 amide bonds. The molecular formula is C52H66O16. The number of fused-ring (bicyclic) bond motifs is 6. The van der Waals surface area contributed by atoms with Gasteiger partial charge in [-0.2, -0.15) is 0 Å². The van der Waals surface area contributed by atoms with Gasteiger partial charge in [-0.15, -0.1) is 0 Å². The molecule has 4 heterocycles. The van der Waals surface area contributed by atoms with Gasteiger partial charge < -0.3 is 61.9 Å². The summed E-state index contributed by atoms with van der Waals surface area (Å²) in [5.41, 5.74) is 1.81. The molecule has 0 aromatic heterocycles. The number of benzene rings is 2. The average molecular weight is 947 g/mol. The van der Waals surface area contributed by atoms with Crippen LogP contribution in [-0.4, -0.2) is 119 Å². The number of aliphatic hydroxyl groups is 1. The van der Waals surface area contributed by atoms with E-state index in [1.54, 1.807) is 70.6 Å². The molecule has 1 N–H and O–H groups in total. The van der Waals surface area contributed by atoms with E-state index in [1.165, 1.54) is 14.2 Å². The van der Waals surface area contributed by atoms with Gasteiger partial charge in [0, 0.05) is 38.2 Å². The number of carbonyl (C=O) groups excluding carboxylic acids is 3. The first-order valence-corrected chi connectivity index (χ1v) is 23.3. The van der Waals surface area contributed by atoms with Crippen LogP contribution in [0, 0.1) is 11.8 Å². The van der Waals surface area contributed by atoms with Crippen LogP contribution >= 0.6 is 0 Å². The third-order valence-corrected chi connectivity index (χ3v) is 12.7. The van der Waals surface area contributed by atoms with E-state index < -0.39 is 47.9 Å². The minimum Gasteiger partial charge on any atom is -0.497 e. The monoisotopic (exact) mass is 946 g/mol. The lowest BCUT2D eigenvalue weighted by Crippen LogP contribution is -2.34. The number of methoxy groups -OCH3 is 4. The van der Waals surface area contributed by atoms with Crippen molar-refractivity contribution in [3.05, 3.63) is 83.0 Å². The van der Waals surface area contributed by atoms with Crippen molar-refractivity contribution in [2.45, 2.75) is 133 Å². The molecule has 370 valence electrons. The lowest BCUT2D eigenvalue weighted by molar-refractivity contribution is -0.152. The Morgan fingerprint density at radius 2 is 1.09 bits per heavy atom. The van der Waals surface area contributed by atoms with E-state index in [-0.39, 0.29) is 49.5 Å². The Kier molecular flexibility index (Phi) is 16.9. The summed E-state index contributed by atoms with van der Waals surface area (Å²) in [6.07, 6.45) is 16.9. The molecule has 9 atom stereocenters. The fourth-order valence-corrected chi connectivity index (χ4v) is 9.59. The van der Waals surface area contributed by atoms with Crippen molar-refractivity contribution < 1.29 is 76.3 Å². The normalized spacial score (nSPS) is 31.4. The molecule has 68 heavy (non-hydrogen) atoms. The molecule has 16 heteroatoms. The maximum absolute atomic E-state index is 13.4. The largest absolute Gasteiger partial charge is 0.497 e. The standard InChI is InChI=1S/C26H34O8.C26H32O8/c2*1-26(2)33-21-10-6-8-17-13-18(30-4)14-22(31-15-29-3)23(17)25(28)32-20-9-5-7-16(20)11-12-19(27)24(21)34-26/h6,8,11-14,16,19-21,24,27H,5,7,9-10,15H2,1-4H3;6,8,11-14,16,20-21,24H,5,7,9-10,15H2,1-4H3/b2*8-6+,12-11-/t16-,19?,20-,21-,24+;16-,20-,21-,24+/m00/s1. The molecule has 1 unspecified atom stereocenters. The molecule has 2 aromatic rings. The topological polar surface area (TPSA) is 182 Å². The number of hydrogen-bond donors (Lipinski definition) is 1. The zero-order chi connectivity index (χ0) is 48.6. The van der Waals surface area contributed by atoms with Gasteiger partial charge in [-0.3, -0.25) is 4.79 Å². The molecule has 2 saturated heterocycles. The average Bonchev–Trinajstić information content (AvgIpc) is 4.09. The number of hydrogen-bond acceptors (Lipinski definition) is 16. The molecule has 6 aliphatic rings. The Morgan fingerprint density at radius 1 is 0.588 bits per heavy atom. The number of esters is 2. The van der Waals surface area contributed by atoms with E-state index in [1.807, 2.05) is 44.2 Å². The highest BCUT2D eigenvalue weighted by atomic mass is 16.8. The number of ether oxygens (including phenoxy) is 12. The smallest absolute Gasteiger partial charge is 0.342 e. The zero-order valence-corrected chi connectivity index (χ0v) is 40.3. The fraction of sp³-hybridized carbons (Fsp3) is 0.558. The second kappa shape index (κ2) is 22.6. The second-order valence-electron chi connectivity index (χ2n) is 18.5. The van der Waals surface area contributed by atoms with Crippen LogP contribution < -0.4 is 18.9 Å². The highest BCUT2D eigenvalue weighted by molar-refractivity contribution is 5.98. The third-order valence-electron chi connectivity index (χ3n) is 12.7. The Hall–Kier alpha value is -5.07. The molecule has 0 spiro atoms. The van der Waals surface area contributed by atoms with Gasteiger partial charge in [0.1, 0.15) is 64.6 Å². The molecule has 2 saturated carbocycles. The van der Waals surface area contributed by atoms with Crippen LogP contribution in [0.25, 0.3) is 12.2 Å². The molecule has 16 nitrogen and oxygen atoms in total. The van der Waals surface area contributed by atoms with Crippen LogP contribution in [0.3, 0.4) is 0 Å². The first-order valence-electron chi connectivity index (χ1n) is 23.3. The summed E-state index contributed by atoms with van der Waals surface area (Å²) in [5.74, 6) is -1.08. The number of ketones is 1. The fourth-order valence-electron chi connectivity index (χ4n) is 9.59. The zero-order valence-electron chi connectivity index (χ0n) is 40.3. The van der Waals surface area contributed by atoms with Crippen LogP contribution in [0.2, 0.25) is 0 Å². The number of carbonyl (C=O) groups is 3. The summed E-state index contributed by atoms with van der Waals surface area (Å²) in [4.78, 5) is 39.7. The summed E-state index contributed by atoms with van der Waals surface area (Å²) in [5, 5.41) is 10.9. The van der Waals surface area contributed by atoms with E-state index in [0.717, 1.165) is 38.5 Å². The van der Waals surface area contributed by atoms with Crippen molar-refractivity contribution >= 4 is 29.9 Å². The van der Waals surface area contributed by atoms with Gasteiger partial charge >= 0.3 is 11.9 Å². The summed E-state index contributed by atoms with van der Waals surface area (Å²) in [6, 6.07) is 6.83. The SMILES string of the molecule is COCOc1cc(OC)cc2c1C(=O)O[C@H]1CCC[C@H]1/C=C\C(=O)[C@H]1OC(C)(C)O[C@H]1C/C=C/2.COCOc1cc(OC)cc2c1C(=O)O[C@H]1CCC[C@H]1/C=C\C(O)[C@H]1OC(C)(C)O[C@H]1C/C=C/2. The lowest BCUT2D eigenvalue weighted by Gasteiger charge is -2.22. The van der Waals surface area contributed by atoms with Crippen molar-refractivity contribution in [2.75, 3.05) is 42.0 Å².